The largest absolute Gasteiger partial charge is 0.409 e. The quantitative estimate of drug-likeness (QED) is 0.298. The molecule has 16 heavy (non-hydrogen) atoms. The lowest BCUT2D eigenvalue weighted by atomic mass is 10.1. The average Bonchev–Trinajstić information content (AvgIpc) is 2.34. The average molecular weight is 221 g/mol. The summed E-state index contributed by atoms with van der Waals surface area (Å²) < 4.78 is 0. The van der Waals surface area contributed by atoms with Gasteiger partial charge in [-0.05, 0) is 30.5 Å². The summed E-state index contributed by atoms with van der Waals surface area (Å²) in [4.78, 5) is 0. The predicted octanol–water partition coefficient (Wildman–Crippen LogP) is 2.19. The molecule has 0 atom stereocenters. The van der Waals surface area contributed by atoms with Gasteiger partial charge in [0.25, 0.3) is 0 Å². The molecule has 0 heterocycles. The van der Waals surface area contributed by atoms with E-state index in [4.69, 9.17) is 10.9 Å². The third-order valence-corrected chi connectivity index (χ3v) is 2.38. The Morgan fingerprint density at radius 1 is 1.38 bits per heavy atom. The van der Waals surface area contributed by atoms with Gasteiger partial charge in [0.2, 0.25) is 0 Å². The molecule has 1 aromatic rings. The van der Waals surface area contributed by atoms with E-state index in [1.165, 1.54) is 18.4 Å². The molecular formula is C12H19N3O. The van der Waals surface area contributed by atoms with Crippen molar-refractivity contribution in [2.75, 3.05) is 11.9 Å². The highest BCUT2D eigenvalue weighted by Crippen LogP contribution is 2.11. The normalized spacial score (nSPS) is 11.4. The molecule has 0 aliphatic rings. The van der Waals surface area contributed by atoms with Crippen molar-refractivity contribution < 1.29 is 5.21 Å². The Balaban J connectivity index is 2.45. The van der Waals surface area contributed by atoms with Crippen LogP contribution in [-0.2, 0) is 6.42 Å². The molecule has 1 rings (SSSR count). The number of amidine groups is 1. The summed E-state index contributed by atoms with van der Waals surface area (Å²) in [6.07, 6.45) is 3.55. The maximum atomic E-state index is 8.38. The van der Waals surface area contributed by atoms with Crippen LogP contribution >= 0.6 is 0 Å². The van der Waals surface area contributed by atoms with E-state index >= 15 is 0 Å². The Morgan fingerprint density at radius 3 is 2.62 bits per heavy atom. The summed E-state index contributed by atoms with van der Waals surface area (Å²) in [6.45, 7) is 2.54. The van der Waals surface area contributed by atoms with Crippen LogP contribution in [0.5, 0.6) is 0 Å². The molecule has 88 valence electrons. The fourth-order valence-electron chi connectivity index (χ4n) is 1.40. The minimum Gasteiger partial charge on any atom is -0.409 e. The number of rotatable bonds is 6. The number of aryl methyl sites for hydroxylation is 1. The number of hydrogen-bond donors (Lipinski definition) is 3. The van der Waals surface area contributed by atoms with Crippen LogP contribution in [0.4, 0.5) is 5.69 Å². The molecule has 0 unspecified atom stereocenters. The highest BCUT2D eigenvalue weighted by Gasteiger charge is 1.96. The van der Waals surface area contributed by atoms with E-state index in [0.29, 0.717) is 6.54 Å². The van der Waals surface area contributed by atoms with Gasteiger partial charge in [-0.2, -0.15) is 0 Å². The van der Waals surface area contributed by atoms with Crippen LogP contribution < -0.4 is 11.1 Å². The summed E-state index contributed by atoms with van der Waals surface area (Å²) in [7, 11) is 0. The van der Waals surface area contributed by atoms with Gasteiger partial charge < -0.3 is 16.3 Å². The lowest BCUT2D eigenvalue weighted by Gasteiger charge is -2.06. The first-order valence-corrected chi connectivity index (χ1v) is 5.55. The van der Waals surface area contributed by atoms with Crippen LogP contribution in [0.2, 0.25) is 0 Å². The molecule has 0 amide bonds. The number of nitrogens with two attached hydrogens (primary N) is 1. The van der Waals surface area contributed by atoms with Crippen molar-refractivity contribution in [3.8, 4) is 0 Å². The zero-order valence-electron chi connectivity index (χ0n) is 9.61. The fourth-order valence-corrected chi connectivity index (χ4v) is 1.40. The molecule has 0 aromatic heterocycles. The minimum atomic E-state index is 0.176. The molecule has 4 heteroatoms. The SMILES string of the molecule is CCCCc1ccc(NCC(N)=NO)cc1. The van der Waals surface area contributed by atoms with Gasteiger partial charge in [0.05, 0.1) is 6.54 Å². The molecule has 0 fully saturated rings. The summed E-state index contributed by atoms with van der Waals surface area (Å²) in [5.74, 6) is 0.176. The Labute approximate surface area is 96.2 Å². The maximum Gasteiger partial charge on any atom is 0.158 e. The van der Waals surface area contributed by atoms with E-state index in [9.17, 15) is 0 Å². The van der Waals surface area contributed by atoms with E-state index in [1.807, 2.05) is 12.1 Å². The molecule has 0 bridgehead atoms. The summed E-state index contributed by atoms with van der Waals surface area (Å²) in [6, 6.07) is 8.22. The van der Waals surface area contributed by atoms with Crippen molar-refractivity contribution >= 4 is 11.5 Å². The third kappa shape index (κ3) is 4.21. The van der Waals surface area contributed by atoms with Crippen LogP contribution in [0, 0.1) is 0 Å². The summed E-state index contributed by atoms with van der Waals surface area (Å²) in [5, 5.41) is 14.3. The van der Waals surface area contributed by atoms with Gasteiger partial charge in [-0.3, -0.25) is 0 Å². The van der Waals surface area contributed by atoms with E-state index in [1.54, 1.807) is 0 Å². The number of anilines is 1. The van der Waals surface area contributed by atoms with Crippen molar-refractivity contribution in [2.45, 2.75) is 26.2 Å². The number of benzene rings is 1. The standard InChI is InChI=1S/C12H19N3O/c1-2-3-4-10-5-7-11(8-6-10)14-9-12(13)15-16/h5-8,14,16H,2-4,9H2,1H3,(H2,13,15). The van der Waals surface area contributed by atoms with Gasteiger partial charge >= 0.3 is 0 Å². The van der Waals surface area contributed by atoms with Crippen LogP contribution in [0.3, 0.4) is 0 Å². The number of nitrogens with zero attached hydrogens (tertiary/aromatic N) is 1. The lowest BCUT2D eigenvalue weighted by molar-refractivity contribution is 0.317. The van der Waals surface area contributed by atoms with E-state index < -0.39 is 0 Å². The van der Waals surface area contributed by atoms with Crippen LogP contribution in [-0.4, -0.2) is 17.6 Å². The zero-order valence-corrected chi connectivity index (χ0v) is 9.61. The number of hydrogen-bond acceptors (Lipinski definition) is 3. The minimum absolute atomic E-state index is 0.176. The lowest BCUT2D eigenvalue weighted by Crippen LogP contribution is -2.22. The van der Waals surface area contributed by atoms with Crippen molar-refractivity contribution in [3.63, 3.8) is 0 Å². The molecule has 0 spiro atoms. The van der Waals surface area contributed by atoms with Crippen LogP contribution in [0.25, 0.3) is 0 Å². The first-order valence-electron chi connectivity index (χ1n) is 5.55. The molecule has 0 saturated heterocycles. The van der Waals surface area contributed by atoms with Crippen molar-refractivity contribution in [2.24, 2.45) is 10.9 Å². The topological polar surface area (TPSA) is 70.6 Å². The summed E-state index contributed by atoms with van der Waals surface area (Å²) in [5.41, 5.74) is 7.68. The molecule has 0 radical (unpaired) electrons. The maximum absolute atomic E-state index is 8.38. The second kappa shape index (κ2) is 6.71. The third-order valence-electron chi connectivity index (χ3n) is 2.38. The predicted molar refractivity (Wildman–Crippen MR) is 67.0 cm³/mol. The number of nitrogens with one attached hydrogen (secondary N) is 1. The van der Waals surface area contributed by atoms with Crippen molar-refractivity contribution in [1.82, 2.24) is 0 Å². The number of unbranched alkanes of at least 4 members (excludes halogenated alkanes) is 1. The van der Waals surface area contributed by atoms with Crippen molar-refractivity contribution in [3.05, 3.63) is 29.8 Å². The number of oxime groups is 1. The van der Waals surface area contributed by atoms with E-state index in [2.05, 4.69) is 29.5 Å². The molecule has 4 N–H and O–H groups in total. The second-order valence-electron chi connectivity index (χ2n) is 3.75. The highest BCUT2D eigenvalue weighted by molar-refractivity contribution is 5.83. The highest BCUT2D eigenvalue weighted by atomic mass is 16.4. The molecule has 4 nitrogen and oxygen atoms in total. The Bertz CT molecular complexity index is 333. The van der Waals surface area contributed by atoms with E-state index in [-0.39, 0.29) is 5.84 Å². The van der Waals surface area contributed by atoms with Crippen molar-refractivity contribution in [1.29, 1.82) is 0 Å². The fraction of sp³-hybridized carbons (Fsp3) is 0.417. The Morgan fingerprint density at radius 2 is 2.06 bits per heavy atom. The molecule has 0 aliphatic heterocycles. The van der Waals surface area contributed by atoms with Crippen LogP contribution in [0.15, 0.2) is 29.4 Å². The van der Waals surface area contributed by atoms with Gasteiger partial charge in [-0.1, -0.05) is 30.6 Å². The second-order valence-corrected chi connectivity index (χ2v) is 3.75. The first-order chi connectivity index (χ1) is 7.76. The zero-order chi connectivity index (χ0) is 11.8. The molecule has 1 aromatic carbocycles. The Hall–Kier alpha value is -1.71. The van der Waals surface area contributed by atoms with Gasteiger partial charge in [0.15, 0.2) is 5.84 Å². The smallest absolute Gasteiger partial charge is 0.158 e. The van der Waals surface area contributed by atoms with Gasteiger partial charge in [-0.15, -0.1) is 0 Å². The molecule has 0 aliphatic carbocycles. The van der Waals surface area contributed by atoms with E-state index in [0.717, 1.165) is 12.1 Å². The van der Waals surface area contributed by atoms with Gasteiger partial charge in [-0.25, -0.2) is 0 Å². The molecule has 0 saturated carbocycles. The van der Waals surface area contributed by atoms with Gasteiger partial charge in [0, 0.05) is 5.69 Å². The Kier molecular flexibility index (Phi) is 5.19. The first kappa shape index (κ1) is 12.4. The summed E-state index contributed by atoms with van der Waals surface area (Å²) >= 11 is 0. The molecular weight excluding hydrogens is 202 g/mol. The van der Waals surface area contributed by atoms with Crippen LogP contribution in [0.1, 0.15) is 25.3 Å². The monoisotopic (exact) mass is 221 g/mol. The van der Waals surface area contributed by atoms with Gasteiger partial charge in [0.1, 0.15) is 0 Å².